The fourth-order valence-electron chi connectivity index (χ4n) is 2.18. The third kappa shape index (κ3) is 3.39. The van der Waals surface area contributed by atoms with E-state index in [4.69, 9.17) is 23.2 Å². The first-order valence-corrected chi connectivity index (χ1v) is 7.85. The van der Waals surface area contributed by atoms with Crippen molar-refractivity contribution in [2.45, 2.75) is 6.42 Å². The Kier molecular flexibility index (Phi) is 4.22. The molecule has 0 radical (unpaired) electrons. The summed E-state index contributed by atoms with van der Waals surface area (Å²) in [6.45, 7) is -0.0347. The molecule has 2 rings (SSSR count). The van der Waals surface area contributed by atoms with Crippen molar-refractivity contribution < 1.29 is 21.5 Å². The van der Waals surface area contributed by atoms with E-state index in [1.807, 2.05) is 0 Å². The summed E-state index contributed by atoms with van der Waals surface area (Å²) in [6.07, 6.45) is -0.132. The molecule has 0 aromatic heterocycles. The molecular formula is C11H9Cl2F2NO3S. The Morgan fingerprint density at radius 1 is 1.30 bits per heavy atom. The Morgan fingerprint density at radius 3 is 2.35 bits per heavy atom. The Hall–Kier alpha value is -0.920. The van der Waals surface area contributed by atoms with E-state index in [1.54, 1.807) is 0 Å². The van der Waals surface area contributed by atoms with E-state index in [-0.39, 0.29) is 28.7 Å². The monoisotopic (exact) mass is 343 g/mol. The van der Waals surface area contributed by atoms with Gasteiger partial charge in [-0.05, 0) is 12.1 Å². The van der Waals surface area contributed by atoms with Gasteiger partial charge in [0.05, 0.1) is 21.5 Å². The minimum absolute atomic E-state index is 0.0347. The Morgan fingerprint density at radius 2 is 1.85 bits per heavy atom. The van der Waals surface area contributed by atoms with E-state index in [0.29, 0.717) is 0 Å². The molecule has 0 N–H and O–H groups in total. The molecule has 110 valence electrons. The lowest BCUT2D eigenvalue weighted by Crippen LogP contribution is -2.26. The number of anilines is 1. The zero-order valence-corrected chi connectivity index (χ0v) is 12.3. The summed E-state index contributed by atoms with van der Waals surface area (Å²) in [5.41, 5.74) is 0.110. The van der Waals surface area contributed by atoms with Crippen molar-refractivity contribution in [2.24, 2.45) is 5.92 Å². The average molecular weight is 344 g/mol. The van der Waals surface area contributed by atoms with E-state index in [2.05, 4.69) is 0 Å². The second-order valence-electron chi connectivity index (χ2n) is 4.50. The van der Waals surface area contributed by atoms with Crippen molar-refractivity contribution in [2.75, 3.05) is 17.2 Å². The van der Waals surface area contributed by atoms with Gasteiger partial charge in [0.1, 0.15) is 5.82 Å². The molecule has 9 heteroatoms. The number of benzene rings is 1. The summed E-state index contributed by atoms with van der Waals surface area (Å²) in [4.78, 5) is 13.0. The van der Waals surface area contributed by atoms with Gasteiger partial charge in [-0.1, -0.05) is 23.2 Å². The number of nitrogens with zero attached hydrogens (tertiary/aromatic N) is 1. The van der Waals surface area contributed by atoms with Gasteiger partial charge >= 0.3 is 10.2 Å². The number of hydrogen-bond acceptors (Lipinski definition) is 3. The quantitative estimate of drug-likeness (QED) is 0.793. The zero-order chi connectivity index (χ0) is 15.1. The first-order valence-electron chi connectivity index (χ1n) is 5.54. The van der Waals surface area contributed by atoms with Gasteiger partial charge in [-0.25, -0.2) is 4.39 Å². The summed E-state index contributed by atoms with van der Waals surface area (Å²) in [7, 11) is -4.67. The first kappa shape index (κ1) is 15.5. The molecule has 1 fully saturated rings. The van der Waals surface area contributed by atoms with Gasteiger partial charge in [-0.2, -0.15) is 8.42 Å². The second-order valence-corrected chi connectivity index (χ2v) is 6.72. The van der Waals surface area contributed by atoms with Crippen LogP contribution in [0.25, 0.3) is 0 Å². The number of hydrogen-bond donors (Lipinski definition) is 0. The number of amides is 1. The highest BCUT2D eigenvalue weighted by atomic mass is 35.5. The zero-order valence-electron chi connectivity index (χ0n) is 9.95. The molecule has 0 bridgehead atoms. The van der Waals surface area contributed by atoms with E-state index in [9.17, 15) is 21.5 Å². The molecule has 1 unspecified atom stereocenters. The molecule has 1 heterocycles. The molecule has 4 nitrogen and oxygen atoms in total. The van der Waals surface area contributed by atoms with Gasteiger partial charge in [0.15, 0.2) is 0 Å². The van der Waals surface area contributed by atoms with Crippen LogP contribution in [0.15, 0.2) is 12.1 Å². The lowest BCUT2D eigenvalue weighted by atomic mass is 10.1. The van der Waals surface area contributed by atoms with Crippen LogP contribution >= 0.6 is 23.2 Å². The van der Waals surface area contributed by atoms with Gasteiger partial charge in [0.25, 0.3) is 0 Å². The van der Waals surface area contributed by atoms with Crippen LogP contribution in [0, 0.1) is 11.7 Å². The number of halogens is 4. The molecule has 1 aromatic carbocycles. The highest BCUT2D eigenvalue weighted by Gasteiger charge is 2.35. The van der Waals surface area contributed by atoms with Crippen molar-refractivity contribution >= 4 is 45.0 Å². The Labute approximate surface area is 124 Å². The van der Waals surface area contributed by atoms with Crippen molar-refractivity contribution in [3.8, 4) is 0 Å². The van der Waals surface area contributed by atoms with Crippen molar-refractivity contribution in [3.05, 3.63) is 28.0 Å². The van der Waals surface area contributed by atoms with Crippen LogP contribution in [0.5, 0.6) is 0 Å². The van der Waals surface area contributed by atoms with Gasteiger partial charge in [0, 0.05) is 18.9 Å². The normalized spacial score (nSPS) is 19.7. The van der Waals surface area contributed by atoms with E-state index in [1.165, 1.54) is 0 Å². The summed E-state index contributed by atoms with van der Waals surface area (Å²) < 4.78 is 47.0. The Bertz CT molecular complexity index is 643. The summed E-state index contributed by atoms with van der Waals surface area (Å²) in [6, 6.07) is 1.99. The predicted molar refractivity (Wildman–Crippen MR) is 71.8 cm³/mol. The van der Waals surface area contributed by atoms with Gasteiger partial charge in [-0.3, -0.25) is 4.79 Å². The van der Waals surface area contributed by atoms with Crippen LogP contribution in [0.1, 0.15) is 6.42 Å². The Balaban J connectivity index is 2.29. The molecule has 20 heavy (non-hydrogen) atoms. The molecule has 1 saturated heterocycles. The van der Waals surface area contributed by atoms with Crippen LogP contribution in [0.2, 0.25) is 10.0 Å². The fourth-order valence-corrected chi connectivity index (χ4v) is 3.63. The van der Waals surface area contributed by atoms with Crippen LogP contribution in [-0.4, -0.2) is 26.6 Å². The molecule has 1 atom stereocenters. The standard InChI is InChI=1S/C11H9Cl2F2NO3S/c12-8-2-7(14)3-9(13)11(8)16-4-6(1-10(16)17)5-20(15,18)19/h2-3,6H,1,4-5H2. The summed E-state index contributed by atoms with van der Waals surface area (Å²) in [5.74, 6) is -2.52. The molecule has 1 aliphatic rings. The van der Waals surface area contributed by atoms with Crippen molar-refractivity contribution in [1.82, 2.24) is 0 Å². The largest absolute Gasteiger partial charge is 0.309 e. The van der Waals surface area contributed by atoms with Gasteiger partial charge in [0.2, 0.25) is 5.91 Å². The first-order chi connectivity index (χ1) is 9.17. The molecule has 0 spiro atoms. The summed E-state index contributed by atoms with van der Waals surface area (Å²) >= 11 is 11.7. The lowest BCUT2D eigenvalue weighted by Gasteiger charge is -2.19. The molecule has 1 aliphatic heterocycles. The molecule has 1 amide bonds. The van der Waals surface area contributed by atoms with E-state index in [0.717, 1.165) is 17.0 Å². The average Bonchev–Trinajstić information content (AvgIpc) is 2.55. The van der Waals surface area contributed by atoms with Crippen LogP contribution in [-0.2, 0) is 15.0 Å². The number of carbonyl (C=O) groups excluding carboxylic acids is 1. The van der Waals surface area contributed by atoms with E-state index >= 15 is 0 Å². The van der Waals surface area contributed by atoms with Crippen LogP contribution in [0.3, 0.4) is 0 Å². The third-order valence-electron chi connectivity index (χ3n) is 2.89. The van der Waals surface area contributed by atoms with Crippen molar-refractivity contribution in [3.63, 3.8) is 0 Å². The number of rotatable bonds is 3. The highest BCUT2D eigenvalue weighted by Crippen LogP contribution is 2.38. The fraction of sp³-hybridized carbons (Fsp3) is 0.364. The van der Waals surface area contributed by atoms with Gasteiger partial charge < -0.3 is 4.90 Å². The summed E-state index contributed by atoms with van der Waals surface area (Å²) in [5, 5.41) is -0.126. The lowest BCUT2D eigenvalue weighted by molar-refractivity contribution is -0.117. The van der Waals surface area contributed by atoms with Crippen molar-refractivity contribution in [1.29, 1.82) is 0 Å². The maximum Gasteiger partial charge on any atom is 0.302 e. The van der Waals surface area contributed by atoms with Crippen LogP contribution in [0.4, 0.5) is 14.0 Å². The molecule has 0 saturated carbocycles. The minimum Gasteiger partial charge on any atom is -0.309 e. The molecule has 0 aliphatic carbocycles. The third-order valence-corrected chi connectivity index (χ3v) is 4.34. The minimum atomic E-state index is -4.67. The second kappa shape index (κ2) is 5.46. The molecule has 1 aromatic rings. The highest BCUT2D eigenvalue weighted by molar-refractivity contribution is 7.86. The number of carbonyl (C=O) groups is 1. The van der Waals surface area contributed by atoms with Gasteiger partial charge in [-0.15, -0.1) is 3.89 Å². The maximum absolute atomic E-state index is 13.1. The molecular weight excluding hydrogens is 335 g/mol. The topological polar surface area (TPSA) is 54.5 Å². The van der Waals surface area contributed by atoms with E-state index < -0.39 is 33.6 Å². The van der Waals surface area contributed by atoms with Crippen LogP contribution < -0.4 is 4.90 Å². The predicted octanol–water partition coefficient (Wildman–Crippen LogP) is 2.78. The SMILES string of the molecule is O=C1CC(CS(=O)(=O)F)CN1c1c(Cl)cc(F)cc1Cl. The smallest absolute Gasteiger partial charge is 0.302 e. The maximum atomic E-state index is 13.1.